The lowest BCUT2D eigenvalue weighted by Crippen LogP contribution is -2.49. The molecule has 150 valence electrons. The molecule has 0 amide bonds. The molecule has 0 radical (unpaired) electrons. The summed E-state index contributed by atoms with van der Waals surface area (Å²) in [6.07, 6.45) is 6.48. The number of ether oxygens (including phenoxy) is 1. The first kappa shape index (κ1) is 20.0. The highest BCUT2D eigenvalue weighted by atomic mass is 32.2. The van der Waals surface area contributed by atoms with Crippen LogP contribution in [0.5, 0.6) is 5.75 Å². The Labute approximate surface area is 160 Å². The second-order valence-electron chi connectivity index (χ2n) is 7.30. The van der Waals surface area contributed by atoms with Crippen LogP contribution in [0.3, 0.4) is 0 Å². The van der Waals surface area contributed by atoms with Crippen molar-refractivity contribution in [2.24, 2.45) is 5.92 Å². The van der Waals surface area contributed by atoms with Crippen molar-refractivity contribution in [3.8, 4) is 5.75 Å². The summed E-state index contributed by atoms with van der Waals surface area (Å²) >= 11 is 0. The Hall–Kier alpha value is -1.71. The molecule has 1 heterocycles. The van der Waals surface area contributed by atoms with Crippen molar-refractivity contribution >= 4 is 15.7 Å². The van der Waals surface area contributed by atoms with E-state index in [2.05, 4.69) is 4.90 Å². The summed E-state index contributed by atoms with van der Waals surface area (Å²) in [5.74, 6) is 0.780. The summed E-state index contributed by atoms with van der Waals surface area (Å²) < 4.78 is 32.2. The zero-order valence-electron chi connectivity index (χ0n) is 15.7. The number of piperazine rings is 1. The van der Waals surface area contributed by atoms with Gasteiger partial charge >= 0.3 is 5.69 Å². The molecule has 2 aliphatic rings. The molecule has 1 saturated carbocycles. The SMILES string of the molecule is COc1ccc(S(=O)(=O)N2CCN(CC3CCCCC3)CC2)cc1[N+](=O)[O-]. The second-order valence-corrected chi connectivity index (χ2v) is 9.24. The number of hydrogen-bond donors (Lipinski definition) is 0. The normalized spacial score (nSPS) is 20.5. The van der Waals surface area contributed by atoms with Gasteiger partial charge in [-0.05, 0) is 30.9 Å². The Balaban J connectivity index is 1.66. The maximum atomic E-state index is 12.9. The maximum absolute atomic E-state index is 12.9. The van der Waals surface area contributed by atoms with E-state index in [4.69, 9.17) is 4.74 Å². The molecule has 0 atom stereocenters. The summed E-state index contributed by atoms with van der Waals surface area (Å²) in [6, 6.07) is 3.79. The van der Waals surface area contributed by atoms with Crippen LogP contribution in [0.2, 0.25) is 0 Å². The number of sulfonamides is 1. The van der Waals surface area contributed by atoms with Crippen LogP contribution in [0.1, 0.15) is 32.1 Å². The fourth-order valence-electron chi connectivity index (χ4n) is 4.01. The lowest BCUT2D eigenvalue weighted by molar-refractivity contribution is -0.386. The fourth-order valence-corrected chi connectivity index (χ4v) is 5.45. The van der Waals surface area contributed by atoms with Crippen molar-refractivity contribution in [3.05, 3.63) is 28.3 Å². The lowest BCUT2D eigenvalue weighted by Gasteiger charge is -2.36. The average Bonchev–Trinajstić information content (AvgIpc) is 2.68. The minimum atomic E-state index is -3.75. The number of nitro benzene ring substituents is 1. The van der Waals surface area contributed by atoms with Gasteiger partial charge in [0.2, 0.25) is 10.0 Å². The molecular weight excluding hydrogens is 370 g/mol. The molecule has 27 heavy (non-hydrogen) atoms. The van der Waals surface area contributed by atoms with Crippen LogP contribution in [-0.4, -0.2) is 62.4 Å². The van der Waals surface area contributed by atoms with Crippen LogP contribution in [0.4, 0.5) is 5.69 Å². The molecule has 1 aliphatic heterocycles. The van der Waals surface area contributed by atoms with Crippen LogP contribution < -0.4 is 4.74 Å². The highest BCUT2D eigenvalue weighted by molar-refractivity contribution is 7.89. The van der Waals surface area contributed by atoms with Gasteiger partial charge in [-0.1, -0.05) is 19.3 Å². The maximum Gasteiger partial charge on any atom is 0.312 e. The monoisotopic (exact) mass is 397 g/mol. The van der Waals surface area contributed by atoms with E-state index in [0.717, 1.165) is 18.5 Å². The lowest BCUT2D eigenvalue weighted by atomic mass is 9.89. The molecule has 8 nitrogen and oxygen atoms in total. The van der Waals surface area contributed by atoms with Gasteiger partial charge in [0.25, 0.3) is 0 Å². The summed E-state index contributed by atoms with van der Waals surface area (Å²) in [6.45, 7) is 3.27. The van der Waals surface area contributed by atoms with Crippen LogP contribution in [0, 0.1) is 16.0 Å². The van der Waals surface area contributed by atoms with Crippen molar-refractivity contribution < 1.29 is 18.1 Å². The smallest absolute Gasteiger partial charge is 0.312 e. The molecule has 0 aromatic heterocycles. The number of nitro groups is 1. The van der Waals surface area contributed by atoms with Crippen LogP contribution in [0.25, 0.3) is 0 Å². The van der Waals surface area contributed by atoms with E-state index in [9.17, 15) is 18.5 Å². The minimum absolute atomic E-state index is 0.0521. The summed E-state index contributed by atoms with van der Waals surface area (Å²) in [7, 11) is -2.43. The molecule has 0 unspecified atom stereocenters. The van der Waals surface area contributed by atoms with Gasteiger partial charge < -0.3 is 9.64 Å². The largest absolute Gasteiger partial charge is 0.490 e. The third kappa shape index (κ3) is 4.59. The van der Waals surface area contributed by atoms with E-state index in [1.165, 1.54) is 55.7 Å². The fraction of sp³-hybridized carbons (Fsp3) is 0.667. The van der Waals surface area contributed by atoms with Crippen LogP contribution >= 0.6 is 0 Å². The Morgan fingerprint density at radius 3 is 2.41 bits per heavy atom. The quantitative estimate of drug-likeness (QED) is 0.541. The molecule has 9 heteroatoms. The van der Waals surface area contributed by atoms with Crippen LogP contribution in [0.15, 0.2) is 23.1 Å². The third-order valence-electron chi connectivity index (χ3n) is 5.56. The zero-order chi connectivity index (χ0) is 19.4. The first-order chi connectivity index (χ1) is 12.9. The van der Waals surface area contributed by atoms with Gasteiger partial charge in [0.05, 0.1) is 16.9 Å². The molecule has 0 bridgehead atoms. The first-order valence-corrected chi connectivity index (χ1v) is 10.9. The number of rotatable bonds is 6. The molecule has 2 fully saturated rings. The zero-order valence-corrected chi connectivity index (χ0v) is 16.5. The molecule has 1 saturated heterocycles. The van der Waals surface area contributed by atoms with Crippen molar-refractivity contribution in [2.45, 2.75) is 37.0 Å². The predicted octanol–water partition coefficient (Wildman–Crippen LogP) is 2.49. The Kier molecular flexibility index (Phi) is 6.33. The highest BCUT2D eigenvalue weighted by Gasteiger charge is 2.31. The van der Waals surface area contributed by atoms with Crippen molar-refractivity contribution in [1.82, 2.24) is 9.21 Å². The second kappa shape index (κ2) is 8.53. The van der Waals surface area contributed by atoms with Crippen molar-refractivity contribution in [1.29, 1.82) is 0 Å². The summed E-state index contributed by atoms with van der Waals surface area (Å²) in [5, 5.41) is 11.2. The Morgan fingerprint density at radius 2 is 1.81 bits per heavy atom. The van der Waals surface area contributed by atoms with E-state index in [0.29, 0.717) is 26.2 Å². The molecule has 0 N–H and O–H groups in total. The van der Waals surface area contributed by atoms with E-state index >= 15 is 0 Å². The third-order valence-corrected chi connectivity index (χ3v) is 7.45. The summed E-state index contributed by atoms with van der Waals surface area (Å²) in [5.41, 5.74) is -0.338. The Morgan fingerprint density at radius 1 is 1.15 bits per heavy atom. The molecule has 1 aromatic rings. The molecule has 3 rings (SSSR count). The van der Waals surface area contributed by atoms with Crippen molar-refractivity contribution in [3.63, 3.8) is 0 Å². The van der Waals surface area contributed by atoms with Gasteiger partial charge in [0, 0.05) is 38.8 Å². The highest BCUT2D eigenvalue weighted by Crippen LogP contribution is 2.31. The van der Waals surface area contributed by atoms with E-state index in [1.54, 1.807) is 0 Å². The van der Waals surface area contributed by atoms with Gasteiger partial charge in [0.1, 0.15) is 0 Å². The number of nitrogens with zero attached hydrogens (tertiary/aromatic N) is 3. The van der Waals surface area contributed by atoms with Gasteiger partial charge in [-0.25, -0.2) is 8.42 Å². The van der Waals surface area contributed by atoms with E-state index in [-0.39, 0.29) is 16.3 Å². The van der Waals surface area contributed by atoms with Crippen LogP contribution in [-0.2, 0) is 10.0 Å². The number of hydrogen-bond acceptors (Lipinski definition) is 6. The van der Waals surface area contributed by atoms with E-state index in [1.807, 2.05) is 0 Å². The van der Waals surface area contributed by atoms with Gasteiger partial charge in [-0.2, -0.15) is 4.31 Å². The minimum Gasteiger partial charge on any atom is -0.490 e. The molecule has 1 aromatic carbocycles. The van der Waals surface area contributed by atoms with Gasteiger partial charge in [-0.3, -0.25) is 10.1 Å². The van der Waals surface area contributed by atoms with Crippen molar-refractivity contribution in [2.75, 3.05) is 39.8 Å². The average molecular weight is 397 g/mol. The molecular formula is C18H27N3O5S. The first-order valence-electron chi connectivity index (χ1n) is 9.47. The van der Waals surface area contributed by atoms with E-state index < -0.39 is 14.9 Å². The van der Waals surface area contributed by atoms with Gasteiger partial charge in [0.15, 0.2) is 5.75 Å². The predicted molar refractivity (Wildman–Crippen MR) is 101 cm³/mol. The number of benzene rings is 1. The molecule has 0 spiro atoms. The Bertz CT molecular complexity index is 769. The van der Waals surface area contributed by atoms with Gasteiger partial charge in [-0.15, -0.1) is 0 Å². The summed E-state index contributed by atoms with van der Waals surface area (Å²) in [4.78, 5) is 12.8. The number of methoxy groups -OCH3 is 1. The topological polar surface area (TPSA) is 93.0 Å². The standard InChI is InChI=1S/C18H27N3O5S/c1-26-18-8-7-16(13-17(18)21(22)23)27(24,25)20-11-9-19(10-12-20)14-15-5-3-2-4-6-15/h7-8,13,15H,2-6,9-12,14H2,1H3. The molecule has 1 aliphatic carbocycles.